The molecule has 4 aliphatic rings. The molecule has 1 amide bonds. The Morgan fingerprint density at radius 1 is 1.06 bits per heavy atom. The van der Waals surface area contributed by atoms with Gasteiger partial charge in [-0.05, 0) is 61.7 Å². The quantitative estimate of drug-likeness (QED) is 0.751. The summed E-state index contributed by atoms with van der Waals surface area (Å²) in [7, 11) is 0. The molecule has 0 aromatic carbocycles. The van der Waals surface area contributed by atoms with Crippen LogP contribution in [0.3, 0.4) is 0 Å². The number of primary amides is 1. The molecular weight excluding hydrogens is 200 g/mol. The van der Waals surface area contributed by atoms with E-state index in [0.29, 0.717) is 12.5 Å². The smallest absolute Gasteiger partial charge is 0.222 e. The van der Waals surface area contributed by atoms with Crippen molar-refractivity contribution in [1.82, 2.24) is 0 Å². The Morgan fingerprint density at radius 3 is 1.94 bits per heavy atom. The normalized spacial score (nSPS) is 46.9. The van der Waals surface area contributed by atoms with E-state index >= 15 is 0 Å². The lowest BCUT2D eigenvalue weighted by Gasteiger charge is -2.56. The monoisotopic (exact) mass is 222 g/mol. The molecule has 0 aromatic heterocycles. The fourth-order valence-electron chi connectivity index (χ4n) is 5.09. The van der Waals surface area contributed by atoms with E-state index in [1.807, 2.05) is 0 Å². The van der Waals surface area contributed by atoms with Crippen molar-refractivity contribution < 1.29 is 4.79 Å². The molecule has 1 atom stereocenters. The van der Waals surface area contributed by atoms with Crippen molar-refractivity contribution in [3.8, 4) is 0 Å². The third-order valence-corrected chi connectivity index (χ3v) is 5.38. The van der Waals surface area contributed by atoms with Crippen molar-refractivity contribution in [2.75, 3.05) is 6.54 Å². The molecule has 4 N–H and O–H groups in total. The van der Waals surface area contributed by atoms with Crippen molar-refractivity contribution in [3.05, 3.63) is 0 Å². The zero-order valence-electron chi connectivity index (χ0n) is 9.77. The molecule has 0 heterocycles. The summed E-state index contributed by atoms with van der Waals surface area (Å²) in [5.41, 5.74) is 11.3. The molecule has 3 heteroatoms. The second-order valence-electron chi connectivity index (χ2n) is 6.25. The zero-order chi connectivity index (χ0) is 11.3. The summed E-state index contributed by atoms with van der Waals surface area (Å²) in [6.07, 6.45) is 6.79. The van der Waals surface area contributed by atoms with E-state index in [4.69, 9.17) is 11.5 Å². The van der Waals surface area contributed by atoms with Crippen LogP contribution in [0.2, 0.25) is 0 Å². The summed E-state index contributed by atoms with van der Waals surface area (Å²) >= 11 is 0. The SMILES string of the molecule is NCC(C(N)=O)C1C2CC3CC(C2)CC1C3. The number of amides is 1. The van der Waals surface area contributed by atoms with Gasteiger partial charge in [0.1, 0.15) is 0 Å². The molecule has 0 radical (unpaired) electrons. The number of hydrogen-bond acceptors (Lipinski definition) is 2. The summed E-state index contributed by atoms with van der Waals surface area (Å²) in [6.45, 7) is 0.447. The first-order chi connectivity index (χ1) is 7.69. The van der Waals surface area contributed by atoms with Gasteiger partial charge in [0.15, 0.2) is 0 Å². The van der Waals surface area contributed by atoms with Crippen LogP contribution >= 0.6 is 0 Å². The van der Waals surface area contributed by atoms with Gasteiger partial charge in [0.05, 0.1) is 5.92 Å². The Labute approximate surface area is 96.9 Å². The van der Waals surface area contributed by atoms with E-state index < -0.39 is 0 Å². The van der Waals surface area contributed by atoms with Crippen molar-refractivity contribution in [2.45, 2.75) is 32.1 Å². The molecule has 3 nitrogen and oxygen atoms in total. The number of rotatable bonds is 3. The van der Waals surface area contributed by atoms with Crippen LogP contribution in [0.25, 0.3) is 0 Å². The second kappa shape index (κ2) is 3.73. The third kappa shape index (κ3) is 1.48. The van der Waals surface area contributed by atoms with Crippen molar-refractivity contribution >= 4 is 5.91 Å². The molecule has 0 saturated heterocycles. The van der Waals surface area contributed by atoms with Crippen LogP contribution in [-0.2, 0) is 4.79 Å². The van der Waals surface area contributed by atoms with E-state index in [1.165, 1.54) is 32.1 Å². The van der Waals surface area contributed by atoms with Gasteiger partial charge >= 0.3 is 0 Å². The Morgan fingerprint density at radius 2 is 1.56 bits per heavy atom. The van der Waals surface area contributed by atoms with Gasteiger partial charge in [0.25, 0.3) is 0 Å². The fraction of sp³-hybridized carbons (Fsp3) is 0.923. The largest absolute Gasteiger partial charge is 0.369 e. The number of hydrogen-bond donors (Lipinski definition) is 2. The van der Waals surface area contributed by atoms with Crippen LogP contribution in [0.4, 0.5) is 0 Å². The number of nitrogens with two attached hydrogens (primary N) is 2. The van der Waals surface area contributed by atoms with Gasteiger partial charge in [0.2, 0.25) is 5.91 Å². The highest BCUT2D eigenvalue weighted by Gasteiger charge is 2.51. The zero-order valence-corrected chi connectivity index (χ0v) is 9.77. The fourth-order valence-corrected chi connectivity index (χ4v) is 5.09. The molecule has 1 unspecified atom stereocenters. The maximum absolute atomic E-state index is 11.5. The van der Waals surface area contributed by atoms with Gasteiger partial charge in [-0.2, -0.15) is 0 Å². The van der Waals surface area contributed by atoms with Crippen LogP contribution in [0.5, 0.6) is 0 Å². The highest BCUT2D eigenvalue weighted by atomic mass is 16.1. The van der Waals surface area contributed by atoms with Gasteiger partial charge in [-0.3, -0.25) is 4.79 Å². The van der Waals surface area contributed by atoms with Gasteiger partial charge in [-0.25, -0.2) is 0 Å². The molecule has 0 spiro atoms. The minimum absolute atomic E-state index is 0.0602. The predicted octanol–water partition coefficient (Wildman–Crippen LogP) is 1.12. The van der Waals surface area contributed by atoms with E-state index in [9.17, 15) is 4.79 Å². The Hall–Kier alpha value is -0.570. The van der Waals surface area contributed by atoms with Gasteiger partial charge in [-0.1, -0.05) is 0 Å². The van der Waals surface area contributed by atoms with Gasteiger partial charge in [-0.15, -0.1) is 0 Å². The standard InChI is InChI=1S/C13H22N2O/c14-6-11(13(15)16)12-9-2-7-1-8(4-9)5-10(12)3-7/h7-12H,1-6,14H2,(H2,15,16). The molecule has 4 aliphatic carbocycles. The molecular formula is C13H22N2O. The maximum atomic E-state index is 11.5. The summed E-state index contributed by atoms with van der Waals surface area (Å²) in [6, 6.07) is 0. The van der Waals surface area contributed by atoms with E-state index in [1.54, 1.807) is 0 Å². The van der Waals surface area contributed by atoms with Crippen LogP contribution in [-0.4, -0.2) is 12.5 Å². The minimum Gasteiger partial charge on any atom is -0.369 e. The first-order valence-electron chi connectivity index (χ1n) is 6.68. The van der Waals surface area contributed by atoms with Crippen LogP contribution in [0.1, 0.15) is 32.1 Å². The molecule has 16 heavy (non-hydrogen) atoms. The van der Waals surface area contributed by atoms with E-state index in [0.717, 1.165) is 23.7 Å². The van der Waals surface area contributed by atoms with E-state index in [2.05, 4.69) is 0 Å². The second-order valence-corrected chi connectivity index (χ2v) is 6.25. The number of carbonyl (C=O) groups excluding carboxylic acids is 1. The van der Waals surface area contributed by atoms with Crippen molar-refractivity contribution in [2.24, 2.45) is 47.0 Å². The highest BCUT2D eigenvalue weighted by Crippen LogP contribution is 2.58. The Balaban J connectivity index is 1.83. The minimum atomic E-state index is -0.167. The first-order valence-corrected chi connectivity index (χ1v) is 6.68. The van der Waals surface area contributed by atoms with E-state index in [-0.39, 0.29) is 11.8 Å². The molecule has 4 saturated carbocycles. The molecule has 0 aliphatic heterocycles. The van der Waals surface area contributed by atoms with Crippen LogP contribution in [0.15, 0.2) is 0 Å². The number of carbonyl (C=O) groups is 1. The molecule has 4 bridgehead atoms. The predicted molar refractivity (Wildman–Crippen MR) is 62.3 cm³/mol. The summed E-state index contributed by atoms with van der Waals surface area (Å²) < 4.78 is 0. The van der Waals surface area contributed by atoms with Gasteiger partial charge in [0, 0.05) is 6.54 Å². The van der Waals surface area contributed by atoms with Crippen LogP contribution in [0, 0.1) is 35.5 Å². The maximum Gasteiger partial charge on any atom is 0.222 e. The Kier molecular flexibility index (Phi) is 2.46. The molecule has 4 fully saturated rings. The lowest BCUT2D eigenvalue weighted by atomic mass is 9.49. The highest BCUT2D eigenvalue weighted by molar-refractivity contribution is 5.77. The van der Waals surface area contributed by atoms with Gasteiger partial charge < -0.3 is 11.5 Å². The summed E-state index contributed by atoms with van der Waals surface area (Å²) in [5.74, 6) is 3.68. The molecule has 0 aromatic rings. The Bertz CT molecular complexity index is 274. The molecule has 4 rings (SSSR count). The first kappa shape index (κ1) is 10.6. The lowest BCUT2D eigenvalue weighted by Crippen LogP contribution is -2.51. The summed E-state index contributed by atoms with van der Waals surface area (Å²) in [4.78, 5) is 11.5. The average Bonchev–Trinajstić information content (AvgIpc) is 2.21. The summed E-state index contributed by atoms with van der Waals surface area (Å²) in [5, 5.41) is 0. The lowest BCUT2D eigenvalue weighted by molar-refractivity contribution is -0.130. The topological polar surface area (TPSA) is 69.1 Å². The van der Waals surface area contributed by atoms with Crippen molar-refractivity contribution in [1.29, 1.82) is 0 Å². The third-order valence-electron chi connectivity index (χ3n) is 5.38. The average molecular weight is 222 g/mol. The van der Waals surface area contributed by atoms with Crippen molar-refractivity contribution in [3.63, 3.8) is 0 Å². The van der Waals surface area contributed by atoms with Crippen LogP contribution < -0.4 is 11.5 Å². The molecule has 90 valence electrons.